The van der Waals surface area contributed by atoms with Crippen LogP contribution in [0.5, 0.6) is 17.4 Å². The van der Waals surface area contributed by atoms with Gasteiger partial charge in [-0.05, 0) is 36.7 Å². The van der Waals surface area contributed by atoms with Crippen LogP contribution >= 0.6 is 11.6 Å². The normalized spacial score (nSPS) is 10.3. The summed E-state index contributed by atoms with van der Waals surface area (Å²) in [6.07, 6.45) is 4.26. The summed E-state index contributed by atoms with van der Waals surface area (Å²) >= 11 is 6.29. The monoisotopic (exact) mass is 362 g/mol. The van der Waals surface area contributed by atoms with Crippen LogP contribution in [0, 0.1) is 0 Å². The maximum Gasteiger partial charge on any atom is 0.213 e. The summed E-state index contributed by atoms with van der Waals surface area (Å²) in [6, 6.07) is 9.40. The molecular formula is C19H23ClN2O3. The Kier molecular flexibility index (Phi) is 8.09. The molecule has 1 heterocycles. The molecule has 0 radical (unpaired) electrons. The molecule has 1 aromatic carbocycles. The fourth-order valence-electron chi connectivity index (χ4n) is 2.20. The van der Waals surface area contributed by atoms with Crippen LogP contribution in [0.4, 0.5) is 0 Å². The molecule has 0 aliphatic heterocycles. The minimum Gasteiger partial charge on any atom is -0.493 e. The second-order valence-electron chi connectivity index (χ2n) is 5.26. The molecule has 6 heteroatoms. The van der Waals surface area contributed by atoms with Crippen LogP contribution in [0.3, 0.4) is 0 Å². The highest BCUT2D eigenvalue weighted by atomic mass is 35.5. The Morgan fingerprint density at radius 3 is 2.88 bits per heavy atom. The number of aromatic nitrogens is 1. The largest absolute Gasteiger partial charge is 0.493 e. The number of halogens is 1. The maximum absolute atomic E-state index is 6.29. The third-order valence-corrected chi connectivity index (χ3v) is 3.63. The summed E-state index contributed by atoms with van der Waals surface area (Å²) in [5.74, 6) is 1.80. The molecule has 0 unspecified atom stereocenters. The maximum atomic E-state index is 6.29. The lowest BCUT2D eigenvalue weighted by atomic mass is 10.2. The van der Waals surface area contributed by atoms with Gasteiger partial charge in [-0.2, -0.15) is 0 Å². The molecule has 0 fully saturated rings. The molecule has 0 aliphatic rings. The number of hydrogen-bond acceptors (Lipinski definition) is 5. The molecule has 1 N–H and O–H groups in total. The van der Waals surface area contributed by atoms with Gasteiger partial charge in [-0.15, -0.1) is 0 Å². The highest BCUT2D eigenvalue weighted by Crippen LogP contribution is 2.36. The number of rotatable bonds is 11. The van der Waals surface area contributed by atoms with Gasteiger partial charge in [-0.1, -0.05) is 30.3 Å². The van der Waals surface area contributed by atoms with E-state index in [2.05, 4.69) is 16.9 Å². The van der Waals surface area contributed by atoms with E-state index in [-0.39, 0.29) is 0 Å². The van der Waals surface area contributed by atoms with Crippen molar-refractivity contribution in [2.24, 2.45) is 0 Å². The molecule has 0 amide bonds. The number of nitrogens with one attached hydrogen (secondary N) is 1. The van der Waals surface area contributed by atoms with Crippen LogP contribution in [0.2, 0.25) is 5.02 Å². The first kappa shape index (κ1) is 19.1. The van der Waals surface area contributed by atoms with Crippen LogP contribution < -0.4 is 19.5 Å². The Balaban J connectivity index is 1.76. The summed E-state index contributed by atoms with van der Waals surface area (Å²) in [6.45, 7) is 6.13. The van der Waals surface area contributed by atoms with Crippen molar-refractivity contribution < 1.29 is 14.2 Å². The number of hydrogen-bond donors (Lipinski definition) is 1. The Morgan fingerprint density at radius 1 is 1.28 bits per heavy atom. The molecule has 0 atom stereocenters. The highest BCUT2D eigenvalue weighted by Gasteiger charge is 2.11. The second-order valence-corrected chi connectivity index (χ2v) is 5.66. The van der Waals surface area contributed by atoms with Gasteiger partial charge in [0.05, 0.1) is 18.7 Å². The van der Waals surface area contributed by atoms with Gasteiger partial charge >= 0.3 is 0 Å². The topological polar surface area (TPSA) is 52.6 Å². The SMILES string of the molecule is C=CCOc1c(Cl)cc(CNCCCOc2ccccn2)cc1OC. The number of ether oxygens (including phenoxy) is 3. The van der Waals surface area contributed by atoms with Crippen LogP contribution in [0.1, 0.15) is 12.0 Å². The van der Waals surface area contributed by atoms with Crippen molar-refractivity contribution in [3.8, 4) is 17.4 Å². The first-order chi connectivity index (χ1) is 12.2. The average Bonchev–Trinajstić information content (AvgIpc) is 2.64. The zero-order chi connectivity index (χ0) is 17.9. The molecule has 5 nitrogen and oxygen atoms in total. The minimum atomic E-state index is 0.379. The van der Waals surface area contributed by atoms with Crippen LogP contribution in [0.25, 0.3) is 0 Å². The predicted molar refractivity (Wildman–Crippen MR) is 99.8 cm³/mol. The van der Waals surface area contributed by atoms with Gasteiger partial charge in [0.2, 0.25) is 5.88 Å². The van der Waals surface area contributed by atoms with E-state index in [1.807, 2.05) is 30.3 Å². The molecule has 0 saturated heterocycles. The summed E-state index contributed by atoms with van der Waals surface area (Å²) in [7, 11) is 1.60. The summed E-state index contributed by atoms with van der Waals surface area (Å²) < 4.78 is 16.5. The van der Waals surface area contributed by atoms with E-state index in [1.54, 1.807) is 19.4 Å². The van der Waals surface area contributed by atoms with E-state index in [0.29, 0.717) is 42.2 Å². The lowest BCUT2D eigenvalue weighted by Gasteiger charge is -2.13. The van der Waals surface area contributed by atoms with Crippen LogP contribution in [-0.2, 0) is 6.54 Å². The Labute approximate surface area is 153 Å². The first-order valence-corrected chi connectivity index (χ1v) is 8.47. The van der Waals surface area contributed by atoms with Crippen molar-refractivity contribution >= 4 is 11.6 Å². The third-order valence-electron chi connectivity index (χ3n) is 3.35. The Hall–Kier alpha value is -2.24. The van der Waals surface area contributed by atoms with E-state index < -0.39 is 0 Å². The van der Waals surface area contributed by atoms with Gasteiger partial charge in [0.1, 0.15) is 6.61 Å². The van der Waals surface area contributed by atoms with Crippen molar-refractivity contribution in [3.05, 3.63) is 59.8 Å². The quantitative estimate of drug-likeness (QED) is 0.486. The number of nitrogens with zero attached hydrogens (tertiary/aromatic N) is 1. The molecule has 0 aliphatic carbocycles. The van der Waals surface area contributed by atoms with Crippen molar-refractivity contribution in [3.63, 3.8) is 0 Å². The van der Waals surface area contributed by atoms with Crippen LogP contribution in [-0.4, -0.2) is 31.9 Å². The minimum absolute atomic E-state index is 0.379. The molecule has 25 heavy (non-hydrogen) atoms. The zero-order valence-electron chi connectivity index (χ0n) is 14.3. The molecule has 0 spiro atoms. The van der Waals surface area contributed by atoms with E-state index in [1.165, 1.54) is 0 Å². The van der Waals surface area contributed by atoms with E-state index in [9.17, 15) is 0 Å². The van der Waals surface area contributed by atoms with Crippen LogP contribution in [0.15, 0.2) is 49.2 Å². The number of methoxy groups -OCH3 is 1. The van der Waals surface area contributed by atoms with Gasteiger partial charge in [-0.3, -0.25) is 0 Å². The van der Waals surface area contributed by atoms with Gasteiger partial charge < -0.3 is 19.5 Å². The molecule has 0 bridgehead atoms. The smallest absolute Gasteiger partial charge is 0.213 e. The first-order valence-electron chi connectivity index (χ1n) is 8.09. The Bertz CT molecular complexity index is 665. The zero-order valence-corrected chi connectivity index (χ0v) is 15.1. The van der Waals surface area contributed by atoms with Crippen molar-refractivity contribution in [2.75, 3.05) is 26.9 Å². The van der Waals surface area contributed by atoms with E-state index >= 15 is 0 Å². The van der Waals surface area contributed by atoms with Crippen molar-refractivity contribution in [1.82, 2.24) is 10.3 Å². The van der Waals surface area contributed by atoms with Crippen molar-refractivity contribution in [2.45, 2.75) is 13.0 Å². The fraction of sp³-hybridized carbons (Fsp3) is 0.316. The van der Waals surface area contributed by atoms with Gasteiger partial charge in [0.15, 0.2) is 11.5 Å². The highest BCUT2D eigenvalue weighted by molar-refractivity contribution is 6.32. The van der Waals surface area contributed by atoms with E-state index in [4.69, 9.17) is 25.8 Å². The number of pyridine rings is 1. The molecule has 134 valence electrons. The van der Waals surface area contributed by atoms with Gasteiger partial charge in [0.25, 0.3) is 0 Å². The van der Waals surface area contributed by atoms with Crippen molar-refractivity contribution in [1.29, 1.82) is 0 Å². The predicted octanol–water partition coefficient (Wildman–Crippen LogP) is 3.87. The molecular weight excluding hydrogens is 340 g/mol. The molecule has 1 aromatic heterocycles. The molecule has 2 aromatic rings. The third kappa shape index (κ3) is 6.29. The number of benzene rings is 1. The van der Waals surface area contributed by atoms with E-state index in [0.717, 1.165) is 18.5 Å². The second kappa shape index (κ2) is 10.6. The van der Waals surface area contributed by atoms with Gasteiger partial charge in [0, 0.05) is 18.8 Å². The molecule has 0 saturated carbocycles. The molecule has 2 rings (SSSR count). The summed E-state index contributed by atoms with van der Waals surface area (Å²) in [4.78, 5) is 4.11. The Morgan fingerprint density at radius 2 is 2.16 bits per heavy atom. The standard InChI is InChI=1S/C19H23ClN2O3/c1-3-10-25-19-16(20)12-15(13-17(19)23-2)14-21-8-6-11-24-18-7-4-5-9-22-18/h3-5,7,9,12-13,21H,1,6,8,10-11,14H2,2H3. The van der Waals surface area contributed by atoms with Gasteiger partial charge in [-0.25, -0.2) is 4.98 Å². The summed E-state index contributed by atoms with van der Waals surface area (Å²) in [5, 5.41) is 3.88. The lowest BCUT2D eigenvalue weighted by Crippen LogP contribution is -2.17. The lowest BCUT2D eigenvalue weighted by molar-refractivity contribution is 0.296. The summed E-state index contributed by atoms with van der Waals surface area (Å²) in [5.41, 5.74) is 1.03. The average molecular weight is 363 g/mol. The fourth-order valence-corrected chi connectivity index (χ4v) is 2.48.